The molecule has 0 bridgehead atoms. The van der Waals surface area contributed by atoms with Gasteiger partial charge in [0.25, 0.3) is 0 Å². The van der Waals surface area contributed by atoms with E-state index in [0.29, 0.717) is 12.6 Å². The van der Waals surface area contributed by atoms with Crippen LogP contribution in [0, 0.1) is 12.3 Å². The van der Waals surface area contributed by atoms with Crippen molar-refractivity contribution < 1.29 is 0 Å². The van der Waals surface area contributed by atoms with Crippen molar-refractivity contribution >= 4 is 16.6 Å². The Labute approximate surface area is 121 Å². The van der Waals surface area contributed by atoms with E-state index in [2.05, 4.69) is 42.1 Å². The first-order chi connectivity index (χ1) is 9.61. The molecule has 1 heterocycles. The van der Waals surface area contributed by atoms with Crippen LogP contribution in [-0.2, 0) is 6.54 Å². The second-order valence-corrected chi connectivity index (χ2v) is 5.25. The molecule has 0 fully saturated rings. The lowest BCUT2D eigenvalue weighted by atomic mass is 10.1. The topological polar surface area (TPSA) is 28.2 Å². The Balaban J connectivity index is 2.44. The van der Waals surface area contributed by atoms with Gasteiger partial charge in [0.2, 0.25) is 0 Å². The van der Waals surface area contributed by atoms with Crippen LogP contribution in [-0.4, -0.2) is 24.6 Å². The summed E-state index contributed by atoms with van der Waals surface area (Å²) in [7, 11) is 2.02. The number of nitrogens with one attached hydrogen (secondary N) is 1. The summed E-state index contributed by atoms with van der Waals surface area (Å²) in [5.74, 6) is 2.69. The fraction of sp³-hybridized carbons (Fsp3) is 0.353. The van der Waals surface area contributed by atoms with Crippen LogP contribution in [0.1, 0.15) is 19.5 Å². The molecular weight excluding hydrogens is 246 g/mol. The number of rotatable bonds is 5. The Kier molecular flexibility index (Phi) is 4.60. The third-order valence-electron chi connectivity index (χ3n) is 3.18. The lowest BCUT2D eigenvalue weighted by molar-refractivity contribution is 0.582. The molecule has 0 unspecified atom stereocenters. The van der Waals surface area contributed by atoms with Gasteiger partial charge in [-0.2, -0.15) is 0 Å². The Bertz CT molecular complexity index is 626. The van der Waals surface area contributed by atoms with Crippen molar-refractivity contribution in [3.05, 3.63) is 36.0 Å². The monoisotopic (exact) mass is 267 g/mol. The molecule has 0 aliphatic heterocycles. The maximum absolute atomic E-state index is 5.43. The highest BCUT2D eigenvalue weighted by Gasteiger charge is 2.09. The van der Waals surface area contributed by atoms with E-state index >= 15 is 0 Å². The lowest BCUT2D eigenvalue weighted by Crippen LogP contribution is -2.23. The van der Waals surface area contributed by atoms with Gasteiger partial charge in [-0.1, -0.05) is 38.0 Å². The molecule has 1 aromatic carbocycles. The molecular formula is C17H21N3. The van der Waals surface area contributed by atoms with Crippen molar-refractivity contribution in [2.45, 2.75) is 26.4 Å². The zero-order chi connectivity index (χ0) is 14.5. The normalized spacial score (nSPS) is 10.8. The molecule has 0 saturated carbocycles. The van der Waals surface area contributed by atoms with E-state index < -0.39 is 0 Å². The fourth-order valence-electron chi connectivity index (χ4n) is 2.15. The van der Waals surface area contributed by atoms with Crippen LogP contribution in [0.2, 0.25) is 0 Å². The summed E-state index contributed by atoms with van der Waals surface area (Å²) in [4.78, 5) is 6.80. The second kappa shape index (κ2) is 6.40. The predicted molar refractivity (Wildman–Crippen MR) is 85.8 cm³/mol. The van der Waals surface area contributed by atoms with Crippen LogP contribution >= 0.6 is 0 Å². The average Bonchev–Trinajstić information content (AvgIpc) is 2.44. The third-order valence-corrected chi connectivity index (χ3v) is 3.18. The van der Waals surface area contributed by atoms with E-state index in [1.54, 1.807) is 0 Å². The van der Waals surface area contributed by atoms with E-state index in [-0.39, 0.29) is 0 Å². The minimum absolute atomic E-state index is 0.440. The number of hydrogen-bond donors (Lipinski definition) is 1. The van der Waals surface area contributed by atoms with Gasteiger partial charge in [-0.15, -0.1) is 6.42 Å². The van der Waals surface area contributed by atoms with E-state index in [1.165, 1.54) is 0 Å². The molecule has 0 radical (unpaired) electrons. The van der Waals surface area contributed by atoms with Crippen molar-refractivity contribution in [1.29, 1.82) is 0 Å². The maximum Gasteiger partial charge on any atom is 0.0788 e. The first-order valence-electron chi connectivity index (χ1n) is 6.88. The number of fused-ring (bicyclic) bond motifs is 1. The first-order valence-corrected chi connectivity index (χ1v) is 6.88. The van der Waals surface area contributed by atoms with Gasteiger partial charge in [-0.3, -0.25) is 4.98 Å². The van der Waals surface area contributed by atoms with Crippen LogP contribution in [0.3, 0.4) is 0 Å². The highest BCUT2D eigenvalue weighted by Crippen LogP contribution is 2.25. The summed E-state index contributed by atoms with van der Waals surface area (Å²) in [6, 6.07) is 10.7. The summed E-state index contributed by atoms with van der Waals surface area (Å²) in [5.41, 5.74) is 3.18. The first kappa shape index (κ1) is 14.4. The molecule has 0 amide bonds. The Morgan fingerprint density at radius 2 is 2.10 bits per heavy atom. The molecule has 1 aromatic heterocycles. The molecule has 0 spiro atoms. The number of nitrogens with zero attached hydrogens (tertiary/aromatic N) is 2. The van der Waals surface area contributed by atoms with Gasteiger partial charge in [0.05, 0.1) is 17.8 Å². The maximum atomic E-state index is 5.43. The molecule has 0 aliphatic rings. The Morgan fingerprint density at radius 3 is 2.80 bits per heavy atom. The predicted octanol–water partition coefficient (Wildman–Crippen LogP) is 2.80. The SMILES string of the molecule is C#CCN(C)c1cc(CNC(C)C)nc2ccccc12. The number of benzene rings is 1. The van der Waals surface area contributed by atoms with Gasteiger partial charge in [-0.05, 0) is 12.1 Å². The fourth-order valence-corrected chi connectivity index (χ4v) is 2.15. The molecule has 0 atom stereocenters. The van der Waals surface area contributed by atoms with Crippen LogP contribution in [0.25, 0.3) is 10.9 Å². The number of para-hydroxylation sites is 1. The third kappa shape index (κ3) is 3.28. The van der Waals surface area contributed by atoms with Crippen molar-refractivity contribution in [2.24, 2.45) is 0 Å². The molecule has 20 heavy (non-hydrogen) atoms. The van der Waals surface area contributed by atoms with Gasteiger partial charge < -0.3 is 10.2 Å². The van der Waals surface area contributed by atoms with E-state index in [9.17, 15) is 0 Å². The number of hydrogen-bond acceptors (Lipinski definition) is 3. The smallest absolute Gasteiger partial charge is 0.0788 e. The van der Waals surface area contributed by atoms with E-state index in [1.807, 2.05) is 25.2 Å². The number of pyridine rings is 1. The highest BCUT2D eigenvalue weighted by atomic mass is 15.1. The summed E-state index contributed by atoms with van der Waals surface area (Å²) in [6.45, 7) is 5.61. The Morgan fingerprint density at radius 1 is 1.35 bits per heavy atom. The average molecular weight is 267 g/mol. The number of terminal acetylenes is 1. The summed E-state index contributed by atoms with van der Waals surface area (Å²) >= 11 is 0. The molecule has 0 saturated heterocycles. The van der Waals surface area contributed by atoms with Crippen LogP contribution in [0.4, 0.5) is 5.69 Å². The van der Waals surface area contributed by atoms with Crippen molar-refractivity contribution in [3.63, 3.8) is 0 Å². The van der Waals surface area contributed by atoms with Gasteiger partial charge in [0.1, 0.15) is 0 Å². The van der Waals surface area contributed by atoms with Crippen LogP contribution < -0.4 is 10.2 Å². The summed E-state index contributed by atoms with van der Waals surface area (Å²) in [5, 5.41) is 4.54. The van der Waals surface area contributed by atoms with Gasteiger partial charge in [0.15, 0.2) is 0 Å². The van der Waals surface area contributed by atoms with Gasteiger partial charge in [0, 0.05) is 30.7 Å². The largest absolute Gasteiger partial charge is 0.363 e. The molecule has 2 aromatic rings. The Hall–Kier alpha value is -2.05. The molecule has 2 rings (SSSR count). The minimum atomic E-state index is 0.440. The minimum Gasteiger partial charge on any atom is -0.363 e. The molecule has 0 aliphatic carbocycles. The molecule has 1 N–H and O–H groups in total. The highest BCUT2D eigenvalue weighted by molar-refractivity contribution is 5.91. The van der Waals surface area contributed by atoms with E-state index in [4.69, 9.17) is 11.4 Å². The molecule has 104 valence electrons. The second-order valence-electron chi connectivity index (χ2n) is 5.25. The molecule has 3 nitrogen and oxygen atoms in total. The number of anilines is 1. The van der Waals surface area contributed by atoms with Crippen LogP contribution in [0.5, 0.6) is 0 Å². The van der Waals surface area contributed by atoms with Crippen LogP contribution in [0.15, 0.2) is 30.3 Å². The molecule has 3 heteroatoms. The van der Waals surface area contributed by atoms with Gasteiger partial charge >= 0.3 is 0 Å². The van der Waals surface area contributed by atoms with E-state index in [0.717, 1.165) is 28.8 Å². The zero-order valence-electron chi connectivity index (χ0n) is 12.4. The lowest BCUT2D eigenvalue weighted by Gasteiger charge is -2.20. The van der Waals surface area contributed by atoms with Crippen molar-refractivity contribution in [3.8, 4) is 12.3 Å². The quantitative estimate of drug-likeness (QED) is 0.844. The van der Waals surface area contributed by atoms with Crippen molar-refractivity contribution in [2.75, 3.05) is 18.5 Å². The summed E-state index contributed by atoms with van der Waals surface area (Å²) < 4.78 is 0. The zero-order valence-corrected chi connectivity index (χ0v) is 12.4. The standard InChI is InChI=1S/C17H21N3/c1-5-10-20(4)17-11-14(12-18-13(2)3)19-16-9-7-6-8-15(16)17/h1,6-9,11,13,18H,10,12H2,2-4H3. The number of aromatic nitrogens is 1. The van der Waals surface area contributed by atoms with Gasteiger partial charge in [-0.25, -0.2) is 0 Å². The summed E-state index contributed by atoms with van der Waals surface area (Å²) in [6.07, 6.45) is 5.43. The van der Waals surface area contributed by atoms with Crippen molar-refractivity contribution in [1.82, 2.24) is 10.3 Å².